The third-order valence-corrected chi connectivity index (χ3v) is 3.36. The Kier molecular flexibility index (Phi) is 8.57. The molecule has 120 valence electrons. The molecule has 0 saturated carbocycles. The molecule has 1 aromatic carbocycles. The maximum atomic E-state index is 11.6. The maximum absolute atomic E-state index is 11.6. The number of amides is 1. The van der Waals surface area contributed by atoms with Crippen molar-refractivity contribution in [3.63, 3.8) is 0 Å². The van der Waals surface area contributed by atoms with Gasteiger partial charge in [0.05, 0.1) is 4.92 Å². The van der Waals surface area contributed by atoms with E-state index in [0.717, 1.165) is 18.4 Å². The van der Waals surface area contributed by atoms with Gasteiger partial charge in [0, 0.05) is 24.8 Å². The molecule has 0 spiro atoms. The number of nitro groups is 1. The Hall–Kier alpha value is -2.17. The lowest BCUT2D eigenvalue weighted by Gasteiger charge is -2.02. The third kappa shape index (κ3) is 7.57. The first-order valence-electron chi connectivity index (χ1n) is 7.84. The van der Waals surface area contributed by atoms with Crippen LogP contribution in [0.1, 0.15) is 51.0 Å². The van der Waals surface area contributed by atoms with E-state index in [0.29, 0.717) is 6.54 Å². The second-order valence-electron chi connectivity index (χ2n) is 5.24. The third-order valence-electron chi connectivity index (χ3n) is 3.36. The summed E-state index contributed by atoms with van der Waals surface area (Å²) < 4.78 is 0. The molecule has 0 heterocycles. The summed E-state index contributed by atoms with van der Waals surface area (Å²) in [5.41, 5.74) is 0.810. The molecule has 5 heteroatoms. The summed E-state index contributed by atoms with van der Waals surface area (Å²) in [6.45, 7) is 2.88. The second kappa shape index (κ2) is 10.5. The van der Waals surface area contributed by atoms with Gasteiger partial charge in [-0.3, -0.25) is 14.9 Å². The fourth-order valence-electron chi connectivity index (χ4n) is 2.05. The highest BCUT2D eigenvalue weighted by molar-refractivity contribution is 5.91. The highest BCUT2D eigenvalue weighted by Gasteiger charge is 2.02. The number of rotatable bonds is 10. The summed E-state index contributed by atoms with van der Waals surface area (Å²) in [7, 11) is 0. The molecule has 1 rings (SSSR count). The molecule has 0 atom stereocenters. The Balaban J connectivity index is 2.22. The Morgan fingerprint density at radius 3 is 2.41 bits per heavy atom. The second-order valence-corrected chi connectivity index (χ2v) is 5.24. The molecule has 0 saturated heterocycles. The van der Waals surface area contributed by atoms with Crippen molar-refractivity contribution < 1.29 is 9.72 Å². The van der Waals surface area contributed by atoms with Crippen molar-refractivity contribution in [1.82, 2.24) is 5.32 Å². The van der Waals surface area contributed by atoms with E-state index in [-0.39, 0.29) is 11.6 Å². The molecule has 0 aromatic heterocycles. The van der Waals surface area contributed by atoms with Crippen LogP contribution in [0.5, 0.6) is 0 Å². The van der Waals surface area contributed by atoms with Gasteiger partial charge in [-0.05, 0) is 30.2 Å². The van der Waals surface area contributed by atoms with E-state index in [4.69, 9.17) is 0 Å². The minimum absolute atomic E-state index is 0.0460. The van der Waals surface area contributed by atoms with Gasteiger partial charge in [0.15, 0.2) is 0 Å². The van der Waals surface area contributed by atoms with E-state index in [2.05, 4.69) is 12.2 Å². The molecule has 0 aliphatic carbocycles. The summed E-state index contributed by atoms with van der Waals surface area (Å²) in [6, 6.07) is 6.09. The van der Waals surface area contributed by atoms with E-state index in [9.17, 15) is 14.9 Å². The largest absolute Gasteiger partial charge is 0.353 e. The number of nitrogens with one attached hydrogen (secondary N) is 1. The number of nitrogens with zero attached hydrogens (tertiary/aromatic N) is 1. The van der Waals surface area contributed by atoms with Crippen molar-refractivity contribution in [3.05, 3.63) is 46.0 Å². The quantitative estimate of drug-likeness (QED) is 0.306. The zero-order valence-corrected chi connectivity index (χ0v) is 13.1. The number of hydrogen-bond acceptors (Lipinski definition) is 3. The van der Waals surface area contributed by atoms with Crippen molar-refractivity contribution >= 4 is 17.7 Å². The highest BCUT2D eigenvalue weighted by Crippen LogP contribution is 2.12. The van der Waals surface area contributed by atoms with Gasteiger partial charge in [0.25, 0.3) is 5.69 Å². The van der Waals surface area contributed by atoms with Gasteiger partial charge in [-0.15, -0.1) is 0 Å². The zero-order chi connectivity index (χ0) is 16.2. The Labute approximate surface area is 131 Å². The van der Waals surface area contributed by atoms with Gasteiger partial charge >= 0.3 is 0 Å². The van der Waals surface area contributed by atoms with E-state index in [1.165, 1.54) is 43.9 Å². The predicted molar refractivity (Wildman–Crippen MR) is 88.5 cm³/mol. The van der Waals surface area contributed by atoms with Gasteiger partial charge in [-0.2, -0.15) is 0 Å². The lowest BCUT2D eigenvalue weighted by Crippen LogP contribution is -2.21. The van der Waals surface area contributed by atoms with Gasteiger partial charge in [-0.1, -0.05) is 39.0 Å². The first-order chi connectivity index (χ1) is 10.6. The minimum Gasteiger partial charge on any atom is -0.353 e. The normalized spacial score (nSPS) is 10.8. The molecule has 0 unspecified atom stereocenters. The van der Waals surface area contributed by atoms with Gasteiger partial charge in [0.1, 0.15) is 0 Å². The first kappa shape index (κ1) is 17.9. The Morgan fingerprint density at radius 1 is 1.14 bits per heavy atom. The van der Waals surface area contributed by atoms with E-state index in [1.54, 1.807) is 18.2 Å². The van der Waals surface area contributed by atoms with Crippen LogP contribution in [0.2, 0.25) is 0 Å². The molecular formula is C17H24N2O3. The number of carbonyl (C=O) groups excluding carboxylic acids is 1. The van der Waals surface area contributed by atoms with Crippen molar-refractivity contribution in [2.75, 3.05) is 6.54 Å². The van der Waals surface area contributed by atoms with E-state index in [1.807, 2.05) is 0 Å². The van der Waals surface area contributed by atoms with Crippen LogP contribution in [-0.4, -0.2) is 17.4 Å². The smallest absolute Gasteiger partial charge is 0.269 e. The molecule has 0 aliphatic rings. The van der Waals surface area contributed by atoms with Crippen LogP contribution in [0.25, 0.3) is 6.08 Å². The van der Waals surface area contributed by atoms with Crippen LogP contribution >= 0.6 is 0 Å². The Morgan fingerprint density at radius 2 is 1.77 bits per heavy atom. The van der Waals surface area contributed by atoms with Gasteiger partial charge in [-0.25, -0.2) is 0 Å². The predicted octanol–water partition coefficient (Wildman–Crippen LogP) is 4.08. The van der Waals surface area contributed by atoms with Crippen molar-refractivity contribution in [2.45, 2.75) is 45.4 Å². The van der Waals surface area contributed by atoms with Crippen LogP contribution in [0.4, 0.5) is 5.69 Å². The lowest BCUT2D eigenvalue weighted by molar-refractivity contribution is -0.384. The molecule has 1 aromatic rings. The van der Waals surface area contributed by atoms with E-state index < -0.39 is 4.92 Å². The molecule has 1 amide bonds. The summed E-state index contributed by atoms with van der Waals surface area (Å²) in [4.78, 5) is 21.7. The molecule has 22 heavy (non-hydrogen) atoms. The van der Waals surface area contributed by atoms with Crippen LogP contribution in [-0.2, 0) is 4.79 Å². The average molecular weight is 304 g/mol. The van der Waals surface area contributed by atoms with Crippen molar-refractivity contribution in [2.24, 2.45) is 0 Å². The fourth-order valence-corrected chi connectivity index (χ4v) is 2.05. The van der Waals surface area contributed by atoms with Crippen LogP contribution in [0, 0.1) is 10.1 Å². The zero-order valence-electron chi connectivity index (χ0n) is 13.1. The number of hydrogen-bond donors (Lipinski definition) is 1. The number of unbranched alkanes of at least 4 members (excludes halogenated alkanes) is 5. The lowest BCUT2D eigenvalue weighted by atomic mass is 10.1. The topological polar surface area (TPSA) is 72.2 Å². The standard InChI is InChI=1S/C17H24N2O3/c1-2-3-4-5-6-7-14-18-17(20)13-10-15-8-11-16(12-9-15)19(21)22/h8-13H,2-7,14H2,1H3,(H,18,20). The molecular weight excluding hydrogens is 280 g/mol. The minimum atomic E-state index is -0.444. The number of nitro benzene ring substituents is 1. The van der Waals surface area contributed by atoms with Crippen molar-refractivity contribution in [3.8, 4) is 0 Å². The Bertz CT molecular complexity index is 495. The van der Waals surface area contributed by atoms with Gasteiger partial charge in [0.2, 0.25) is 5.91 Å². The van der Waals surface area contributed by atoms with Gasteiger partial charge < -0.3 is 5.32 Å². The summed E-state index contributed by atoms with van der Waals surface area (Å²) in [5.74, 6) is -0.132. The number of carbonyl (C=O) groups is 1. The maximum Gasteiger partial charge on any atom is 0.269 e. The molecule has 1 N–H and O–H groups in total. The summed E-state index contributed by atoms with van der Waals surface area (Å²) in [5, 5.41) is 13.4. The van der Waals surface area contributed by atoms with Crippen LogP contribution in [0.3, 0.4) is 0 Å². The van der Waals surface area contributed by atoms with Crippen LogP contribution in [0.15, 0.2) is 30.3 Å². The molecule has 0 bridgehead atoms. The fraction of sp³-hybridized carbons (Fsp3) is 0.471. The average Bonchev–Trinajstić information content (AvgIpc) is 2.52. The van der Waals surface area contributed by atoms with Crippen molar-refractivity contribution in [1.29, 1.82) is 0 Å². The van der Waals surface area contributed by atoms with Crippen LogP contribution < -0.4 is 5.32 Å². The SMILES string of the molecule is CCCCCCCCNC(=O)C=Cc1ccc([N+](=O)[O-])cc1. The molecule has 5 nitrogen and oxygen atoms in total. The number of benzene rings is 1. The molecule has 0 fully saturated rings. The number of non-ortho nitro benzene ring substituents is 1. The molecule has 0 aliphatic heterocycles. The highest BCUT2D eigenvalue weighted by atomic mass is 16.6. The molecule has 0 radical (unpaired) electrons. The summed E-state index contributed by atoms with van der Waals surface area (Å²) >= 11 is 0. The summed E-state index contributed by atoms with van der Waals surface area (Å²) in [6.07, 6.45) is 10.3. The van der Waals surface area contributed by atoms with E-state index >= 15 is 0 Å². The monoisotopic (exact) mass is 304 g/mol. The first-order valence-corrected chi connectivity index (χ1v) is 7.84.